The lowest BCUT2D eigenvalue weighted by Crippen LogP contribution is -2.20. The van der Waals surface area contributed by atoms with Gasteiger partial charge in [0, 0.05) is 11.5 Å². The number of fused-ring (bicyclic) bond motifs is 1. The van der Waals surface area contributed by atoms with E-state index in [9.17, 15) is 9.59 Å². The highest BCUT2D eigenvalue weighted by atomic mass is 16.4. The van der Waals surface area contributed by atoms with E-state index in [-0.39, 0.29) is 5.56 Å². The van der Waals surface area contributed by atoms with Gasteiger partial charge in [0.15, 0.2) is 0 Å². The first-order valence-electron chi connectivity index (χ1n) is 5.58. The van der Waals surface area contributed by atoms with Crippen LogP contribution in [-0.4, -0.2) is 16.1 Å². The number of H-pyrrole nitrogens is 1. The van der Waals surface area contributed by atoms with Crippen LogP contribution in [0.2, 0.25) is 0 Å². The van der Waals surface area contributed by atoms with Gasteiger partial charge < -0.3 is 9.73 Å². The summed E-state index contributed by atoms with van der Waals surface area (Å²) in [4.78, 5) is 23.7. The molecule has 94 valence electrons. The molecular formula is C13H9N3O3. The SMILES string of the molecule is O=C(Nc1ccn[nH]1)c1cc2ccccc2oc1=O. The van der Waals surface area contributed by atoms with E-state index in [4.69, 9.17) is 4.42 Å². The van der Waals surface area contributed by atoms with E-state index in [1.54, 1.807) is 30.3 Å². The van der Waals surface area contributed by atoms with Crippen molar-refractivity contribution in [2.75, 3.05) is 5.32 Å². The molecule has 2 N–H and O–H groups in total. The number of rotatable bonds is 2. The van der Waals surface area contributed by atoms with Gasteiger partial charge in [-0.25, -0.2) is 4.79 Å². The van der Waals surface area contributed by atoms with E-state index in [1.165, 1.54) is 12.3 Å². The second kappa shape index (κ2) is 4.41. The molecule has 0 radical (unpaired) electrons. The number of anilines is 1. The number of carbonyl (C=O) groups excluding carboxylic acids is 1. The van der Waals surface area contributed by atoms with Crippen LogP contribution >= 0.6 is 0 Å². The number of aromatic amines is 1. The number of benzene rings is 1. The number of carbonyl (C=O) groups is 1. The number of hydrogen-bond donors (Lipinski definition) is 2. The van der Waals surface area contributed by atoms with Gasteiger partial charge in [0.1, 0.15) is 17.0 Å². The Morgan fingerprint density at radius 2 is 2.11 bits per heavy atom. The molecule has 0 aliphatic rings. The monoisotopic (exact) mass is 255 g/mol. The fourth-order valence-corrected chi connectivity index (χ4v) is 1.74. The summed E-state index contributed by atoms with van der Waals surface area (Å²) in [5, 5.41) is 9.50. The van der Waals surface area contributed by atoms with Crippen molar-refractivity contribution in [3.05, 3.63) is 58.6 Å². The highest BCUT2D eigenvalue weighted by Crippen LogP contribution is 2.13. The minimum absolute atomic E-state index is 0.0479. The summed E-state index contributed by atoms with van der Waals surface area (Å²) in [5.41, 5.74) is -0.269. The van der Waals surface area contributed by atoms with Crippen molar-refractivity contribution >= 4 is 22.7 Å². The Hall–Kier alpha value is -2.89. The van der Waals surface area contributed by atoms with Gasteiger partial charge in [-0.1, -0.05) is 18.2 Å². The second-order valence-corrected chi connectivity index (χ2v) is 3.91. The molecule has 2 heterocycles. The van der Waals surface area contributed by atoms with Crippen LogP contribution in [0.1, 0.15) is 10.4 Å². The highest BCUT2D eigenvalue weighted by Gasteiger charge is 2.14. The van der Waals surface area contributed by atoms with Crippen LogP contribution in [0.5, 0.6) is 0 Å². The van der Waals surface area contributed by atoms with Crippen molar-refractivity contribution < 1.29 is 9.21 Å². The first kappa shape index (κ1) is 11.2. The van der Waals surface area contributed by atoms with Gasteiger partial charge >= 0.3 is 5.63 Å². The van der Waals surface area contributed by atoms with E-state index in [1.807, 2.05) is 0 Å². The van der Waals surface area contributed by atoms with Gasteiger partial charge in [0.2, 0.25) is 0 Å². The molecule has 0 spiro atoms. The largest absolute Gasteiger partial charge is 0.422 e. The maximum absolute atomic E-state index is 12.0. The van der Waals surface area contributed by atoms with Gasteiger partial charge in [-0.3, -0.25) is 9.89 Å². The zero-order chi connectivity index (χ0) is 13.2. The predicted molar refractivity (Wildman–Crippen MR) is 69.0 cm³/mol. The van der Waals surface area contributed by atoms with Crippen LogP contribution in [0.4, 0.5) is 5.82 Å². The predicted octanol–water partition coefficient (Wildman–Crippen LogP) is 1.77. The van der Waals surface area contributed by atoms with Crippen molar-refractivity contribution in [2.45, 2.75) is 0 Å². The molecule has 6 nitrogen and oxygen atoms in total. The summed E-state index contributed by atoms with van der Waals surface area (Å²) in [6, 6.07) is 10.1. The Labute approximate surface area is 107 Å². The van der Waals surface area contributed by atoms with E-state index in [0.29, 0.717) is 16.8 Å². The number of nitrogens with one attached hydrogen (secondary N) is 2. The molecule has 0 aliphatic heterocycles. The van der Waals surface area contributed by atoms with E-state index >= 15 is 0 Å². The average molecular weight is 255 g/mol. The van der Waals surface area contributed by atoms with Gasteiger partial charge in [-0.2, -0.15) is 5.10 Å². The number of nitrogens with zero attached hydrogens (tertiary/aromatic N) is 1. The third-order valence-electron chi connectivity index (χ3n) is 2.63. The Balaban J connectivity index is 2.02. The Morgan fingerprint density at radius 1 is 1.26 bits per heavy atom. The fraction of sp³-hybridized carbons (Fsp3) is 0. The summed E-state index contributed by atoms with van der Waals surface area (Å²) in [5.74, 6) is -0.124. The molecule has 0 unspecified atom stereocenters. The molecule has 0 aliphatic carbocycles. The summed E-state index contributed by atoms with van der Waals surface area (Å²) < 4.78 is 5.09. The second-order valence-electron chi connectivity index (χ2n) is 3.91. The Morgan fingerprint density at radius 3 is 2.89 bits per heavy atom. The van der Waals surface area contributed by atoms with Crippen molar-refractivity contribution in [1.82, 2.24) is 10.2 Å². The zero-order valence-corrected chi connectivity index (χ0v) is 9.71. The molecule has 2 aromatic heterocycles. The third-order valence-corrected chi connectivity index (χ3v) is 2.63. The van der Waals surface area contributed by atoms with E-state index in [0.717, 1.165) is 0 Å². The molecule has 3 aromatic rings. The maximum atomic E-state index is 12.0. The van der Waals surface area contributed by atoms with Gasteiger partial charge in [0.25, 0.3) is 5.91 Å². The van der Waals surface area contributed by atoms with Crippen LogP contribution < -0.4 is 10.9 Å². The summed E-state index contributed by atoms with van der Waals surface area (Å²) >= 11 is 0. The molecular weight excluding hydrogens is 246 g/mol. The third kappa shape index (κ3) is 2.11. The number of para-hydroxylation sites is 1. The Kier molecular flexibility index (Phi) is 2.60. The maximum Gasteiger partial charge on any atom is 0.349 e. The van der Waals surface area contributed by atoms with Crippen molar-refractivity contribution in [3.8, 4) is 0 Å². The lowest BCUT2D eigenvalue weighted by atomic mass is 10.2. The summed E-state index contributed by atoms with van der Waals surface area (Å²) in [6.45, 7) is 0. The van der Waals surface area contributed by atoms with Crippen LogP contribution in [0, 0.1) is 0 Å². The molecule has 0 bridgehead atoms. The highest BCUT2D eigenvalue weighted by molar-refractivity contribution is 6.04. The van der Waals surface area contributed by atoms with Gasteiger partial charge in [-0.05, 0) is 12.1 Å². The topological polar surface area (TPSA) is 88.0 Å². The zero-order valence-electron chi connectivity index (χ0n) is 9.71. The Bertz CT molecular complexity index is 790. The number of hydrogen-bond acceptors (Lipinski definition) is 4. The molecule has 0 fully saturated rings. The number of amides is 1. The molecule has 19 heavy (non-hydrogen) atoms. The van der Waals surface area contributed by atoms with Gasteiger partial charge in [0.05, 0.1) is 6.20 Å². The smallest absolute Gasteiger partial charge is 0.349 e. The lowest BCUT2D eigenvalue weighted by Gasteiger charge is -2.02. The molecule has 0 atom stereocenters. The fourth-order valence-electron chi connectivity index (χ4n) is 1.74. The van der Waals surface area contributed by atoms with Gasteiger partial charge in [-0.15, -0.1) is 0 Å². The molecule has 1 aromatic carbocycles. The van der Waals surface area contributed by atoms with Crippen LogP contribution in [0.15, 0.2) is 51.8 Å². The first-order chi connectivity index (χ1) is 9.24. The normalized spacial score (nSPS) is 10.5. The van der Waals surface area contributed by atoms with Crippen LogP contribution in [0.3, 0.4) is 0 Å². The first-order valence-corrected chi connectivity index (χ1v) is 5.58. The molecule has 6 heteroatoms. The lowest BCUT2D eigenvalue weighted by molar-refractivity contribution is 0.102. The average Bonchev–Trinajstić information content (AvgIpc) is 2.90. The van der Waals surface area contributed by atoms with E-state index in [2.05, 4.69) is 15.5 Å². The number of aromatic nitrogens is 2. The van der Waals surface area contributed by atoms with Crippen molar-refractivity contribution in [3.63, 3.8) is 0 Å². The molecule has 0 saturated carbocycles. The molecule has 0 saturated heterocycles. The van der Waals surface area contributed by atoms with E-state index < -0.39 is 11.5 Å². The molecule has 3 rings (SSSR count). The summed E-state index contributed by atoms with van der Waals surface area (Å²) in [7, 11) is 0. The minimum atomic E-state index is -0.671. The van der Waals surface area contributed by atoms with Crippen molar-refractivity contribution in [2.24, 2.45) is 0 Å². The summed E-state index contributed by atoms with van der Waals surface area (Å²) in [6.07, 6.45) is 1.50. The minimum Gasteiger partial charge on any atom is -0.422 e. The van der Waals surface area contributed by atoms with Crippen LogP contribution in [-0.2, 0) is 0 Å². The van der Waals surface area contributed by atoms with Crippen molar-refractivity contribution in [1.29, 1.82) is 0 Å². The standard InChI is InChI=1S/C13H9N3O3/c17-12(15-11-5-6-14-16-11)9-7-8-3-1-2-4-10(8)19-13(9)18/h1-7H,(H2,14,15,16,17). The molecule has 1 amide bonds. The quantitative estimate of drug-likeness (QED) is 0.683. The van der Waals surface area contributed by atoms with Crippen LogP contribution in [0.25, 0.3) is 11.0 Å².